The van der Waals surface area contributed by atoms with E-state index in [0.29, 0.717) is 12.5 Å². The molecule has 1 spiro atoms. The molecule has 0 aromatic rings. The number of hydrogen-bond donors (Lipinski definition) is 2. The molecule has 2 N–H and O–H groups in total. The highest BCUT2D eigenvalue weighted by Crippen LogP contribution is 2.35. The highest BCUT2D eigenvalue weighted by atomic mass is 127. The van der Waals surface area contributed by atoms with E-state index in [9.17, 15) is 4.79 Å². The number of carbonyl (C=O) groups excluding carboxylic acids is 1. The van der Waals surface area contributed by atoms with Gasteiger partial charge in [0.1, 0.15) is 0 Å². The monoisotopic (exact) mass is 451 g/mol. The Bertz CT molecular complexity index is 441. The number of carbonyl (C=O) groups is 1. The number of guanidine groups is 1. The molecule has 24 heavy (non-hydrogen) atoms. The fraction of sp³-hybridized carbons (Fsp3) is 0.882. The van der Waals surface area contributed by atoms with Crippen molar-refractivity contribution in [1.29, 1.82) is 0 Å². The van der Waals surface area contributed by atoms with Crippen molar-refractivity contribution in [2.45, 2.75) is 46.1 Å². The smallest absolute Gasteiger partial charge is 0.220 e. The van der Waals surface area contributed by atoms with Crippen LogP contribution < -0.4 is 10.6 Å². The summed E-state index contributed by atoms with van der Waals surface area (Å²) in [4.78, 5) is 20.9. The number of amides is 1. The van der Waals surface area contributed by atoms with Gasteiger partial charge in [-0.1, -0.05) is 13.8 Å². The Morgan fingerprint density at radius 3 is 2.71 bits per heavy atom. The number of likely N-dealkylation sites (tertiary alicyclic amines) is 1. The molecule has 0 aromatic heterocycles. The third kappa shape index (κ3) is 5.21. The molecular formula is C17H34IN5O. The van der Waals surface area contributed by atoms with Gasteiger partial charge in [0, 0.05) is 51.1 Å². The van der Waals surface area contributed by atoms with E-state index in [1.54, 1.807) is 0 Å². The first-order valence-electron chi connectivity index (χ1n) is 9.00. The summed E-state index contributed by atoms with van der Waals surface area (Å²) in [5.74, 6) is 1.17. The lowest BCUT2D eigenvalue weighted by atomic mass is 9.79. The van der Waals surface area contributed by atoms with Crippen LogP contribution in [-0.2, 0) is 4.79 Å². The van der Waals surface area contributed by atoms with E-state index in [0.717, 1.165) is 58.1 Å². The van der Waals surface area contributed by atoms with Gasteiger partial charge in [0.2, 0.25) is 5.91 Å². The standard InChI is InChI=1S/C17H33N5O.HI/c1-5-21(6-2)14(3)11-19-16(18-4)22-9-7-8-17(13-22)10-15(23)20-12-17;/h14H,5-13H2,1-4H3,(H,18,19)(H,20,23);1H. The number of nitrogens with one attached hydrogen (secondary N) is 2. The van der Waals surface area contributed by atoms with Crippen LogP contribution in [0.1, 0.15) is 40.0 Å². The highest BCUT2D eigenvalue weighted by molar-refractivity contribution is 14.0. The van der Waals surface area contributed by atoms with Crippen LogP contribution in [0.25, 0.3) is 0 Å². The quantitative estimate of drug-likeness (QED) is 0.378. The van der Waals surface area contributed by atoms with Crippen LogP contribution in [-0.4, -0.2) is 74.0 Å². The fourth-order valence-electron chi connectivity index (χ4n) is 3.98. The van der Waals surface area contributed by atoms with Crippen LogP contribution in [0.3, 0.4) is 0 Å². The zero-order valence-electron chi connectivity index (χ0n) is 15.6. The summed E-state index contributed by atoms with van der Waals surface area (Å²) >= 11 is 0. The molecule has 0 radical (unpaired) electrons. The molecule has 6 nitrogen and oxygen atoms in total. The number of aliphatic imine (C=N–C) groups is 1. The summed E-state index contributed by atoms with van der Waals surface area (Å²) in [7, 11) is 1.85. The van der Waals surface area contributed by atoms with Crippen LogP contribution in [0.2, 0.25) is 0 Å². The Hall–Kier alpha value is -0.570. The number of nitrogens with zero attached hydrogens (tertiary/aromatic N) is 3. The highest BCUT2D eigenvalue weighted by Gasteiger charge is 2.42. The first-order valence-corrected chi connectivity index (χ1v) is 9.00. The lowest BCUT2D eigenvalue weighted by Crippen LogP contribution is -2.53. The topological polar surface area (TPSA) is 60.0 Å². The zero-order chi connectivity index (χ0) is 16.9. The molecule has 2 saturated heterocycles. The average Bonchev–Trinajstić information content (AvgIpc) is 2.89. The van der Waals surface area contributed by atoms with Gasteiger partial charge < -0.3 is 15.5 Å². The maximum absolute atomic E-state index is 11.6. The predicted octanol–water partition coefficient (Wildman–Crippen LogP) is 1.51. The molecule has 0 bridgehead atoms. The third-order valence-corrected chi connectivity index (χ3v) is 5.36. The number of rotatable bonds is 5. The second kappa shape index (κ2) is 9.79. The maximum atomic E-state index is 11.6. The van der Waals surface area contributed by atoms with E-state index in [1.807, 2.05) is 7.05 Å². The molecule has 2 fully saturated rings. The van der Waals surface area contributed by atoms with Crippen LogP contribution in [0, 0.1) is 5.41 Å². The summed E-state index contributed by atoms with van der Waals surface area (Å²) in [6, 6.07) is 0.482. The number of piperidine rings is 1. The molecule has 140 valence electrons. The molecule has 2 heterocycles. The molecule has 0 aliphatic carbocycles. The third-order valence-electron chi connectivity index (χ3n) is 5.36. The molecule has 2 unspecified atom stereocenters. The van der Waals surface area contributed by atoms with Crippen molar-refractivity contribution < 1.29 is 4.79 Å². The van der Waals surface area contributed by atoms with E-state index in [-0.39, 0.29) is 35.3 Å². The Labute approximate surface area is 163 Å². The summed E-state index contributed by atoms with van der Waals surface area (Å²) < 4.78 is 0. The van der Waals surface area contributed by atoms with Gasteiger partial charge in [-0.3, -0.25) is 14.7 Å². The molecule has 7 heteroatoms. The molecule has 2 aliphatic heterocycles. The van der Waals surface area contributed by atoms with Gasteiger partial charge in [-0.05, 0) is 32.9 Å². The minimum Gasteiger partial charge on any atom is -0.355 e. The lowest BCUT2D eigenvalue weighted by Gasteiger charge is -2.41. The molecular weight excluding hydrogens is 417 g/mol. The SMILES string of the molecule is CCN(CC)C(C)CNC(=NC)N1CCCC2(CNC(=O)C2)C1.I. The van der Waals surface area contributed by atoms with E-state index in [1.165, 1.54) is 0 Å². The Morgan fingerprint density at radius 2 is 2.17 bits per heavy atom. The first-order chi connectivity index (χ1) is 11.0. The van der Waals surface area contributed by atoms with Crippen molar-refractivity contribution in [2.24, 2.45) is 10.4 Å². The summed E-state index contributed by atoms with van der Waals surface area (Å²) in [5.41, 5.74) is 0.109. The minimum atomic E-state index is 0. The predicted molar refractivity (Wildman–Crippen MR) is 110 cm³/mol. The van der Waals surface area contributed by atoms with Gasteiger partial charge >= 0.3 is 0 Å². The van der Waals surface area contributed by atoms with Crippen molar-refractivity contribution in [2.75, 3.05) is 46.3 Å². The van der Waals surface area contributed by atoms with E-state index in [2.05, 4.69) is 46.2 Å². The molecule has 0 aromatic carbocycles. The van der Waals surface area contributed by atoms with Crippen LogP contribution in [0.15, 0.2) is 4.99 Å². The van der Waals surface area contributed by atoms with Crippen LogP contribution in [0.5, 0.6) is 0 Å². The lowest BCUT2D eigenvalue weighted by molar-refractivity contribution is -0.119. The number of halogens is 1. The Balaban J connectivity index is 0.00000288. The largest absolute Gasteiger partial charge is 0.355 e. The van der Waals surface area contributed by atoms with Crippen molar-refractivity contribution in [3.8, 4) is 0 Å². The van der Waals surface area contributed by atoms with Crippen molar-refractivity contribution >= 4 is 35.8 Å². The molecule has 2 atom stereocenters. The molecule has 2 aliphatic rings. The van der Waals surface area contributed by atoms with Gasteiger partial charge in [0.05, 0.1) is 0 Å². The molecule has 1 amide bonds. The van der Waals surface area contributed by atoms with Gasteiger partial charge in [-0.2, -0.15) is 0 Å². The Morgan fingerprint density at radius 1 is 1.46 bits per heavy atom. The Kier molecular flexibility index (Phi) is 8.76. The zero-order valence-corrected chi connectivity index (χ0v) is 17.9. The first kappa shape index (κ1) is 21.5. The number of likely N-dealkylation sites (N-methyl/N-ethyl adjacent to an activating group) is 1. The van der Waals surface area contributed by atoms with Gasteiger partial charge in [0.15, 0.2) is 5.96 Å². The van der Waals surface area contributed by atoms with Crippen molar-refractivity contribution in [3.63, 3.8) is 0 Å². The van der Waals surface area contributed by atoms with Crippen LogP contribution in [0.4, 0.5) is 0 Å². The fourth-order valence-corrected chi connectivity index (χ4v) is 3.98. The normalized spacial score (nSPS) is 25.6. The van der Waals surface area contributed by atoms with E-state index in [4.69, 9.17) is 0 Å². The van der Waals surface area contributed by atoms with Gasteiger partial charge in [0.25, 0.3) is 0 Å². The second-order valence-electron chi connectivity index (χ2n) is 6.98. The van der Waals surface area contributed by atoms with Gasteiger partial charge in [-0.25, -0.2) is 0 Å². The minimum absolute atomic E-state index is 0. The summed E-state index contributed by atoms with van der Waals surface area (Å²) in [5, 5.41) is 6.54. The van der Waals surface area contributed by atoms with Gasteiger partial charge in [-0.15, -0.1) is 24.0 Å². The second-order valence-corrected chi connectivity index (χ2v) is 6.98. The van der Waals surface area contributed by atoms with Crippen LogP contribution >= 0.6 is 24.0 Å². The molecule has 2 rings (SSSR count). The van der Waals surface area contributed by atoms with Crippen molar-refractivity contribution in [1.82, 2.24) is 20.4 Å². The summed E-state index contributed by atoms with van der Waals surface area (Å²) in [6.07, 6.45) is 2.92. The van der Waals surface area contributed by atoms with Crippen molar-refractivity contribution in [3.05, 3.63) is 0 Å². The summed E-state index contributed by atoms with van der Waals surface area (Å²) in [6.45, 7) is 12.5. The number of hydrogen-bond acceptors (Lipinski definition) is 3. The maximum Gasteiger partial charge on any atom is 0.220 e. The molecule has 0 saturated carbocycles. The van der Waals surface area contributed by atoms with E-state index < -0.39 is 0 Å². The average molecular weight is 451 g/mol. The van der Waals surface area contributed by atoms with E-state index >= 15 is 0 Å².